The number of rotatable bonds is 7. The molecule has 5 rings (SSSR count). The lowest BCUT2D eigenvalue weighted by Gasteiger charge is -2.15. The predicted molar refractivity (Wildman–Crippen MR) is 144 cm³/mol. The van der Waals surface area contributed by atoms with Crippen LogP contribution in [0.2, 0.25) is 0 Å². The second kappa shape index (κ2) is 10.5. The summed E-state index contributed by atoms with van der Waals surface area (Å²) in [7, 11) is 0. The molecule has 0 saturated heterocycles. The summed E-state index contributed by atoms with van der Waals surface area (Å²) in [5, 5.41) is 6.65. The number of halogens is 1. The van der Waals surface area contributed by atoms with Gasteiger partial charge in [0.05, 0.1) is 17.3 Å². The van der Waals surface area contributed by atoms with Gasteiger partial charge in [0.2, 0.25) is 0 Å². The van der Waals surface area contributed by atoms with Crippen LogP contribution in [-0.2, 0) is 0 Å². The van der Waals surface area contributed by atoms with Crippen LogP contribution in [0.5, 0.6) is 11.5 Å². The van der Waals surface area contributed by atoms with Crippen molar-refractivity contribution >= 4 is 40.0 Å². The Morgan fingerprint density at radius 3 is 2.53 bits per heavy atom. The highest BCUT2D eigenvalue weighted by Gasteiger charge is 2.15. The van der Waals surface area contributed by atoms with Crippen LogP contribution in [0.3, 0.4) is 0 Å². The van der Waals surface area contributed by atoms with Crippen molar-refractivity contribution in [2.45, 2.75) is 19.8 Å². The van der Waals surface area contributed by atoms with E-state index in [2.05, 4.69) is 44.4 Å². The van der Waals surface area contributed by atoms with E-state index in [-0.39, 0.29) is 11.7 Å². The predicted octanol–water partition coefficient (Wildman–Crippen LogP) is 6.05. The molecule has 0 aliphatic heterocycles. The van der Waals surface area contributed by atoms with E-state index in [0.29, 0.717) is 45.3 Å². The number of hydrogen-bond donors (Lipinski definition) is 3. The second-order valence-corrected chi connectivity index (χ2v) is 8.81. The number of hydrogen-bond acceptors (Lipinski definition) is 8. The minimum Gasteiger partial charge on any atom is -0.455 e. The fraction of sp³-hybridized carbons (Fsp3) is 0.107. The quantitative estimate of drug-likeness (QED) is 0.226. The molecule has 2 aromatic carbocycles. The first-order valence-electron chi connectivity index (χ1n) is 11.8. The van der Waals surface area contributed by atoms with E-state index in [0.717, 1.165) is 11.9 Å². The zero-order chi connectivity index (χ0) is 26.6. The van der Waals surface area contributed by atoms with Crippen molar-refractivity contribution < 1.29 is 13.9 Å². The van der Waals surface area contributed by atoms with Gasteiger partial charge in [-0.05, 0) is 72.6 Å². The Balaban J connectivity index is 1.51. The van der Waals surface area contributed by atoms with Crippen molar-refractivity contribution in [3.8, 4) is 11.5 Å². The zero-order valence-electron chi connectivity index (χ0n) is 20.6. The molecule has 0 fully saturated rings. The lowest BCUT2D eigenvalue weighted by Crippen LogP contribution is -2.13. The molecule has 3 heterocycles. The summed E-state index contributed by atoms with van der Waals surface area (Å²) in [5.41, 5.74) is 8.68. The summed E-state index contributed by atoms with van der Waals surface area (Å²) < 4.78 is 19.3. The van der Waals surface area contributed by atoms with E-state index >= 15 is 0 Å². The van der Waals surface area contributed by atoms with Gasteiger partial charge >= 0.3 is 0 Å². The molecule has 0 radical (unpaired) electrons. The number of nitrogen functional groups attached to an aromatic ring is 1. The van der Waals surface area contributed by atoms with Crippen LogP contribution in [0, 0.1) is 5.82 Å². The van der Waals surface area contributed by atoms with Gasteiger partial charge < -0.3 is 21.1 Å². The maximum absolute atomic E-state index is 13.2. The molecule has 3 aromatic heterocycles. The van der Waals surface area contributed by atoms with Crippen molar-refractivity contribution in [1.82, 2.24) is 19.9 Å². The van der Waals surface area contributed by atoms with E-state index in [1.165, 1.54) is 18.5 Å². The van der Waals surface area contributed by atoms with Crippen LogP contribution >= 0.6 is 0 Å². The first kappa shape index (κ1) is 24.6. The average Bonchev–Trinajstić information content (AvgIpc) is 2.92. The van der Waals surface area contributed by atoms with Gasteiger partial charge in [-0.3, -0.25) is 4.79 Å². The summed E-state index contributed by atoms with van der Waals surface area (Å²) >= 11 is 0. The van der Waals surface area contributed by atoms with Crippen molar-refractivity contribution in [2.75, 3.05) is 16.4 Å². The molecule has 9 nitrogen and oxygen atoms in total. The average molecular weight is 510 g/mol. The van der Waals surface area contributed by atoms with E-state index in [4.69, 9.17) is 10.5 Å². The van der Waals surface area contributed by atoms with Gasteiger partial charge in [0.25, 0.3) is 5.91 Å². The van der Waals surface area contributed by atoms with Crippen LogP contribution in [-0.4, -0.2) is 25.8 Å². The lowest BCUT2D eigenvalue weighted by atomic mass is 10.1. The summed E-state index contributed by atoms with van der Waals surface area (Å²) in [4.78, 5) is 30.2. The van der Waals surface area contributed by atoms with Gasteiger partial charge in [0.1, 0.15) is 29.5 Å². The third-order valence-corrected chi connectivity index (χ3v) is 5.68. The topological polar surface area (TPSA) is 128 Å². The minimum atomic E-state index is -0.495. The highest BCUT2D eigenvalue weighted by atomic mass is 19.1. The van der Waals surface area contributed by atoms with Gasteiger partial charge in [-0.25, -0.2) is 24.3 Å². The fourth-order valence-electron chi connectivity index (χ4n) is 3.66. The number of nitrogens with zero attached hydrogens (tertiary/aromatic N) is 4. The Bertz CT molecular complexity index is 1610. The van der Waals surface area contributed by atoms with E-state index in [1.807, 2.05) is 12.1 Å². The van der Waals surface area contributed by atoms with Crippen molar-refractivity contribution in [3.63, 3.8) is 0 Å². The number of pyridine rings is 2. The number of amides is 1. The Morgan fingerprint density at radius 1 is 0.974 bits per heavy atom. The number of ether oxygens (including phenoxy) is 1. The maximum atomic E-state index is 13.2. The van der Waals surface area contributed by atoms with Gasteiger partial charge in [-0.15, -0.1) is 0 Å². The van der Waals surface area contributed by atoms with Crippen molar-refractivity contribution in [1.29, 1.82) is 0 Å². The molecule has 38 heavy (non-hydrogen) atoms. The van der Waals surface area contributed by atoms with Gasteiger partial charge in [0, 0.05) is 16.9 Å². The Kier molecular flexibility index (Phi) is 6.77. The van der Waals surface area contributed by atoms with Crippen molar-refractivity contribution in [2.24, 2.45) is 0 Å². The molecule has 0 atom stereocenters. The first-order valence-corrected chi connectivity index (χ1v) is 11.8. The molecular weight excluding hydrogens is 485 g/mol. The first-order chi connectivity index (χ1) is 18.4. The van der Waals surface area contributed by atoms with Crippen LogP contribution in [0.15, 0.2) is 79.3 Å². The molecular formula is C28H24FN7O2. The molecule has 190 valence electrons. The number of aromatic nitrogens is 4. The zero-order valence-corrected chi connectivity index (χ0v) is 20.6. The Hall–Kier alpha value is -5.12. The second-order valence-electron chi connectivity index (χ2n) is 8.81. The number of benzene rings is 2. The van der Waals surface area contributed by atoms with Crippen molar-refractivity contribution in [3.05, 3.63) is 96.3 Å². The summed E-state index contributed by atoms with van der Waals surface area (Å²) in [6, 6.07) is 18.3. The number of nitrogens with one attached hydrogen (secondary N) is 2. The third-order valence-electron chi connectivity index (χ3n) is 5.68. The van der Waals surface area contributed by atoms with Gasteiger partial charge in [0.15, 0.2) is 11.4 Å². The lowest BCUT2D eigenvalue weighted by molar-refractivity contribution is 0.102. The van der Waals surface area contributed by atoms with Crippen LogP contribution in [0.25, 0.3) is 11.0 Å². The number of fused-ring (bicyclic) bond motifs is 1. The molecule has 0 bridgehead atoms. The fourth-order valence-corrected chi connectivity index (χ4v) is 3.66. The van der Waals surface area contributed by atoms with Gasteiger partial charge in [-0.1, -0.05) is 13.8 Å². The Morgan fingerprint density at radius 2 is 1.79 bits per heavy atom. The molecule has 0 spiro atoms. The smallest absolute Gasteiger partial charge is 0.256 e. The molecule has 0 aliphatic carbocycles. The largest absolute Gasteiger partial charge is 0.455 e. The molecule has 1 amide bonds. The van der Waals surface area contributed by atoms with E-state index in [9.17, 15) is 9.18 Å². The summed E-state index contributed by atoms with van der Waals surface area (Å²) in [5.74, 6) is 1.05. The molecule has 5 aromatic rings. The van der Waals surface area contributed by atoms with Crippen LogP contribution < -0.4 is 21.1 Å². The number of carbonyl (C=O) groups is 1. The van der Waals surface area contributed by atoms with Crippen LogP contribution in [0.1, 0.15) is 35.8 Å². The van der Waals surface area contributed by atoms with E-state index < -0.39 is 11.7 Å². The molecule has 0 unspecified atom stereocenters. The molecule has 0 saturated carbocycles. The molecule has 4 N–H and O–H groups in total. The van der Waals surface area contributed by atoms with Crippen LogP contribution in [0.4, 0.5) is 27.4 Å². The maximum Gasteiger partial charge on any atom is 0.256 e. The van der Waals surface area contributed by atoms with E-state index in [1.54, 1.807) is 42.5 Å². The SMILES string of the molecule is CC(C)c1ccc2c(Nc3cc(C(=O)Nc4ccc(F)cn4)ccc3Oc3ccc(N)cc3)ncnc2n1. The Labute approximate surface area is 218 Å². The highest BCUT2D eigenvalue weighted by molar-refractivity contribution is 6.05. The molecule has 10 heteroatoms. The molecule has 0 aliphatic rings. The number of nitrogens with two attached hydrogens (primary N) is 1. The summed E-state index contributed by atoms with van der Waals surface area (Å²) in [6.07, 6.45) is 2.46. The minimum absolute atomic E-state index is 0.224. The number of anilines is 4. The normalized spacial score (nSPS) is 10.9. The number of carbonyl (C=O) groups excluding carboxylic acids is 1. The van der Waals surface area contributed by atoms with Gasteiger partial charge in [-0.2, -0.15) is 0 Å². The summed E-state index contributed by atoms with van der Waals surface area (Å²) in [6.45, 7) is 4.13. The standard InChI is InChI=1S/C28H24FN7O2/c1-16(2)22-10-9-21-26(34-22)32-15-33-27(21)35-23-13-17(28(37)36-25-12-4-18(29)14-31-25)3-11-24(23)38-20-7-5-19(30)6-8-20/h3-16H,30H2,1-2H3,(H,31,36,37)(H,32,33,34,35). The highest BCUT2D eigenvalue weighted by Crippen LogP contribution is 2.34. The third kappa shape index (κ3) is 5.49. The monoisotopic (exact) mass is 509 g/mol.